The van der Waals surface area contributed by atoms with Crippen molar-refractivity contribution >= 4 is 5.91 Å². The van der Waals surface area contributed by atoms with Crippen molar-refractivity contribution in [2.24, 2.45) is 7.05 Å². The first-order valence-corrected chi connectivity index (χ1v) is 9.05. The Morgan fingerprint density at radius 2 is 2.08 bits per heavy atom. The topological polar surface area (TPSA) is 69.5 Å². The Kier molecular flexibility index (Phi) is 5.84. The molecule has 0 N–H and O–H groups in total. The highest BCUT2D eigenvalue weighted by Gasteiger charge is 2.31. The van der Waals surface area contributed by atoms with Crippen LogP contribution in [0.4, 0.5) is 0 Å². The molecule has 3 rings (SSSR count). The van der Waals surface area contributed by atoms with E-state index in [4.69, 9.17) is 9.47 Å². The largest absolute Gasteiger partial charge is 0.366 e. The van der Waals surface area contributed by atoms with Crippen LogP contribution in [0.5, 0.6) is 0 Å². The summed E-state index contributed by atoms with van der Waals surface area (Å²) in [6, 6.07) is 0. The molecule has 0 bridgehead atoms. The zero-order valence-electron chi connectivity index (χ0n) is 14.7. The van der Waals surface area contributed by atoms with Crippen molar-refractivity contribution < 1.29 is 14.3 Å². The molecule has 1 amide bonds. The van der Waals surface area contributed by atoms with Gasteiger partial charge >= 0.3 is 0 Å². The molecule has 24 heavy (non-hydrogen) atoms. The second-order valence-electron chi connectivity index (χ2n) is 6.84. The molecular weight excluding hydrogens is 308 g/mol. The molecule has 2 atom stereocenters. The van der Waals surface area contributed by atoms with Gasteiger partial charge < -0.3 is 18.9 Å². The molecule has 2 unspecified atom stereocenters. The summed E-state index contributed by atoms with van der Waals surface area (Å²) in [4.78, 5) is 14.6. The fraction of sp³-hybridized carbons (Fsp3) is 0.824. The zero-order valence-corrected chi connectivity index (χ0v) is 14.7. The third-order valence-electron chi connectivity index (χ3n) is 4.96. The molecule has 7 nitrogen and oxygen atoms in total. The second-order valence-corrected chi connectivity index (χ2v) is 6.84. The molecule has 0 radical (unpaired) electrons. The summed E-state index contributed by atoms with van der Waals surface area (Å²) in [5.74, 6) is 0.805. The van der Waals surface area contributed by atoms with Gasteiger partial charge in [-0.15, -0.1) is 10.2 Å². The summed E-state index contributed by atoms with van der Waals surface area (Å²) in [5.41, 5.74) is 0. The van der Waals surface area contributed by atoms with Crippen LogP contribution in [0.25, 0.3) is 0 Å². The normalized spacial score (nSPS) is 24.6. The van der Waals surface area contributed by atoms with E-state index in [0.29, 0.717) is 19.7 Å². The van der Waals surface area contributed by atoms with Crippen LogP contribution in [0.1, 0.15) is 57.4 Å². The number of hydrogen-bond acceptors (Lipinski definition) is 5. The van der Waals surface area contributed by atoms with Crippen LogP contribution < -0.4 is 0 Å². The first-order chi connectivity index (χ1) is 11.6. The van der Waals surface area contributed by atoms with Crippen molar-refractivity contribution in [2.75, 3.05) is 19.7 Å². The maximum absolute atomic E-state index is 12.8. The standard InChI is InChI=1S/C17H28N4O3/c1-13(24-14-7-5-3-4-6-8-14)17(22)21-9-10-23-15(11-21)16-19-18-12-20(16)2/h12-15H,3-11H2,1-2H3. The third kappa shape index (κ3) is 4.13. The molecule has 1 saturated carbocycles. The lowest BCUT2D eigenvalue weighted by Crippen LogP contribution is -2.47. The lowest BCUT2D eigenvalue weighted by atomic mass is 10.1. The number of carbonyl (C=O) groups is 1. The van der Waals surface area contributed by atoms with E-state index in [0.717, 1.165) is 18.7 Å². The highest BCUT2D eigenvalue weighted by Crippen LogP contribution is 2.23. The van der Waals surface area contributed by atoms with E-state index in [1.165, 1.54) is 25.7 Å². The Labute approximate surface area is 143 Å². The van der Waals surface area contributed by atoms with Crippen LogP contribution >= 0.6 is 0 Å². The van der Waals surface area contributed by atoms with Crippen molar-refractivity contribution in [1.82, 2.24) is 19.7 Å². The molecule has 1 aliphatic carbocycles. The van der Waals surface area contributed by atoms with Gasteiger partial charge in [-0.2, -0.15) is 0 Å². The number of morpholine rings is 1. The molecule has 1 aliphatic heterocycles. The van der Waals surface area contributed by atoms with Gasteiger partial charge in [-0.3, -0.25) is 4.79 Å². The van der Waals surface area contributed by atoms with Crippen LogP contribution in [-0.4, -0.2) is 57.5 Å². The molecule has 2 aliphatic rings. The van der Waals surface area contributed by atoms with Gasteiger partial charge in [0.2, 0.25) is 0 Å². The Morgan fingerprint density at radius 1 is 1.33 bits per heavy atom. The van der Waals surface area contributed by atoms with Gasteiger partial charge in [0.05, 0.1) is 19.3 Å². The van der Waals surface area contributed by atoms with Crippen LogP contribution in [0.2, 0.25) is 0 Å². The van der Waals surface area contributed by atoms with E-state index >= 15 is 0 Å². The molecule has 1 saturated heterocycles. The number of aryl methyl sites for hydroxylation is 1. The Hall–Kier alpha value is -1.47. The van der Waals surface area contributed by atoms with Gasteiger partial charge in [0.25, 0.3) is 5.91 Å². The quantitative estimate of drug-likeness (QED) is 0.785. The Balaban J connectivity index is 1.56. The van der Waals surface area contributed by atoms with E-state index in [1.54, 1.807) is 6.33 Å². The Bertz CT molecular complexity index is 540. The van der Waals surface area contributed by atoms with Crippen LogP contribution in [-0.2, 0) is 21.3 Å². The average Bonchev–Trinajstić information content (AvgIpc) is 2.86. The summed E-state index contributed by atoms with van der Waals surface area (Å²) in [5, 5.41) is 7.99. The first kappa shape index (κ1) is 17.4. The molecule has 2 heterocycles. The maximum Gasteiger partial charge on any atom is 0.251 e. The van der Waals surface area contributed by atoms with Gasteiger partial charge in [0.15, 0.2) is 5.82 Å². The van der Waals surface area contributed by atoms with Crippen molar-refractivity contribution in [1.29, 1.82) is 0 Å². The summed E-state index contributed by atoms with van der Waals surface area (Å²) < 4.78 is 13.7. The lowest BCUT2D eigenvalue weighted by molar-refractivity contribution is -0.154. The van der Waals surface area contributed by atoms with E-state index in [9.17, 15) is 4.79 Å². The SMILES string of the molecule is CC(OC1CCCCCC1)C(=O)N1CCOC(c2nncn2C)C1. The smallest absolute Gasteiger partial charge is 0.251 e. The number of nitrogens with zero attached hydrogens (tertiary/aromatic N) is 4. The van der Waals surface area contributed by atoms with Gasteiger partial charge in [-0.05, 0) is 19.8 Å². The fourth-order valence-corrected chi connectivity index (χ4v) is 3.57. The highest BCUT2D eigenvalue weighted by atomic mass is 16.5. The predicted molar refractivity (Wildman–Crippen MR) is 88.3 cm³/mol. The molecular formula is C17H28N4O3. The van der Waals surface area contributed by atoms with Gasteiger partial charge in [-0.1, -0.05) is 25.7 Å². The van der Waals surface area contributed by atoms with Gasteiger partial charge in [0, 0.05) is 13.6 Å². The van der Waals surface area contributed by atoms with E-state index in [2.05, 4.69) is 10.2 Å². The predicted octanol–water partition coefficient (Wildman–Crippen LogP) is 1.84. The van der Waals surface area contributed by atoms with Gasteiger partial charge in [0.1, 0.15) is 18.5 Å². The maximum atomic E-state index is 12.8. The molecule has 7 heteroatoms. The summed E-state index contributed by atoms with van der Waals surface area (Å²) in [7, 11) is 1.89. The van der Waals surface area contributed by atoms with Crippen molar-refractivity contribution in [3.8, 4) is 0 Å². The number of rotatable bonds is 4. The summed E-state index contributed by atoms with van der Waals surface area (Å²) >= 11 is 0. The Morgan fingerprint density at radius 3 is 2.75 bits per heavy atom. The number of ether oxygens (including phenoxy) is 2. The van der Waals surface area contributed by atoms with Crippen molar-refractivity contribution in [3.63, 3.8) is 0 Å². The molecule has 1 aromatic rings. The molecule has 2 fully saturated rings. The van der Waals surface area contributed by atoms with Crippen molar-refractivity contribution in [2.45, 2.75) is 63.8 Å². The number of amides is 1. The van der Waals surface area contributed by atoms with Gasteiger partial charge in [-0.25, -0.2) is 0 Å². The van der Waals surface area contributed by atoms with Crippen molar-refractivity contribution in [3.05, 3.63) is 12.2 Å². The van der Waals surface area contributed by atoms with Crippen LogP contribution in [0, 0.1) is 0 Å². The second kappa shape index (κ2) is 8.07. The monoisotopic (exact) mass is 336 g/mol. The number of aromatic nitrogens is 3. The molecule has 0 spiro atoms. The van der Waals surface area contributed by atoms with E-state index in [-0.39, 0.29) is 18.1 Å². The molecule has 0 aromatic carbocycles. The summed E-state index contributed by atoms with van der Waals surface area (Å²) in [6.07, 6.45) is 8.38. The minimum absolute atomic E-state index is 0.0507. The number of hydrogen-bond donors (Lipinski definition) is 0. The first-order valence-electron chi connectivity index (χ1n) is 9.05. The molecule has 134 valence electrons. The van der Waals surface area contributed by atoms with Crippen LogP contribution in [0.3, 0.4) is 0 Å². The van der Waals surface area contributed by atoms with Crippen LogP contribution in [0.15, 0.2) is 6.33 Å². The fourth-order valence-electron chi connectivity index (χ4n) is 3.57. The zero-order chi connectivity index (χ0) is 16.9. The van der Waals surface area contributed by atoms with E-state index < -0.39 is 6.10 Å². The highest BCUT2D eigenvalue weighted by molar-refractivity contribution is 5.80. The summed E-state index contributed by atoms with van der Waals surface area (Å²) in [6.45, 7) is 3.49. The third-order valence-corrected chi connectivity index (χ3v) is 4.96. The van der Waals surface area contributed by atoms with E-state index in [1.807, 2.05) is 23.4 Å². The number of carbonyl (C=O) groups excluding carboxylic acids is 1. The minimum atomic E-state index is -0.397. The average molecular weight is 336 g/mol. The lowest BCUT2D eigenvalue weighted by Gasteiger charge is -2.34. The molecule has 1 aromatic heterocycles. The minimum Gasteiger partial charge on any atom is -0.366 e.